The zero-order chi connectivity index (χ0) is 13.2. The first kappa shape index (κ1) is 12.6. The molecule has 1 aliphatic heterocycles. The quantitative estimate of drug-likeness (QED) is 0.610. The van der Waals surface area contributed by atoms with Crippen molar-refractivity contribution in [3.63, 3.8) is 0 Å². The van der Waals surface area contributed by atoms with Gasteiger partial charge in [-0.1, -0.05) is 12.1 Å². The highest BCUT2D eigenvalue weighted by molar-refractivity contribution is 14.1. The van der Waals surface area contributed by atoms with Crippen molar-refractivity contribution in [2.75, 3.05) is 0 Å². The van der Waals surface area contributed by atoms with E-state index in [1.807, 2.05) is 59.3 Å². The first-order chi connectivity index (χ1) is 9.26. The Kier molecular flexibility index (Phi) is 3.52. The summed E-state index contributed by atoms with van der Waals surface area (Å²) < 4.78 is 3.95. The van der Waals surface area contributed by atoms with Gasteiger partial charge in [-0.15, -0.1) is 0 Å². The van der Waals surface area contributed by atoms with Crippen molar-refractivity contribution in [2.45, 2.75) is 0 Å². The Balaban J connectivity index is 1.99. The van der Waals surface area contributed by atoms with Gasteiger partial charge in [-0.05, 0) is 41.6 Å². The first-order valence-corrected chi connectivity index (χ1v) is 7.29. The molecule has 94 valence electrons. The molecule has 1 aromatic heterocycles. The van der Waals surface area contributed by atoms with Gasteiger partial charge in [0.05, 0.1) is 33.3 Å². The molecule has 0 spiro atoms. The van der Waals surface area contributed by atoms with Gasteiger partial charge in [0, 0.05) is 11.6 Å². The van der Waals surface area contributed by atoms with Crippen LogP contribution in [0.5, 0.6) is 0 Å². The van der Waals surface area contributed by atoms with Gasteiger partial charge in [-0.2, -0.15) is 3.21 Å². The van der Waals surface area contributed by atoms with Gasteiger partial charge >= 0.3 is 0 Å². The van der Waals surface area contributed by atoms with E-state index in [0.29, 0.717) is 10.1 Å². The van der Waals surface area contributed by atoms with Crippen molar-refractivity contribution >= 4 is 62.7 Å². The summed E-state index contributed by atoms with van der Waals surface area (Å²) >= 11 is 3.22. The van der Waals surface area contributed by atoms with E-state index in [9.17, 15) is 4.79 Å². The van der Waals surface area contributed by atoms with Crippen molar-refractivity contribution in [3.8, 4) is 0 Å². The summed E-state index contributed by atoms with van der Waals surface area (Å²) in [5.41, 5.74) is 1.93. The number of amidine groups is 1. The van der Waals surface area contributed by atoms with Gasteiger partial charge in [-0.3, -0.25) is 15.1 Å². The Morgan fingerprint density at radius 3 is 3.05 bits per heavy atom. The fourth-order valence-corrected chi connectivity index (χ4v) is 2.94. The van der Waals surface area contributed by atoms with Gasteiger partial charge in [-0.25, -0.2) is 0 Å². The second-order valence-electron chi connectivity index (χ2n) is 3.91. The van der Waals surface area contributed by atoms with E-state index in [1.165, 1.54) is 11.8 Å². The van der Waals surface area contributed by atoms with Gasteiger partial charge in [0.1, 0.15) is 0 Å². The number of amides is 1. The number of hydrogen-bond donors (Lipinski definition) is 1. The SMILES string of the molecule is O=C1N/C(=N/I)S/C1=C\c1ccc2ncccc2c1. The molecule has 3 rings (SSSR count). The minimum Gasteiger partial charge on any atom is -0.300 e. The van der Waals surface area contributed by atoms with E-state index in [4.69, 9.17) is 0 Å². The summed E-state index contributed by atoms with van der Waals surface area (Å²) in [5.74, 6) is -0.105. The molecular weight excluding hydrogens is 373 g/mol. The third kappa shape index (κ3) is 2.64. The number of nitrogens with one attached hydrogen (secondary N) is 1. The second-order valence-corrected chi connectivity index (χ2v) is 5.42. The van der Waals surface area contributed by atoms with E-state index in [1.54, 1.807) is 6.20 Å². The number of carbonyl (C=O) groups is 1. The summed E-state index contributed by atoms with van der Waals surface area (Å²) in [6.45, 7) is 0. The van der Waals surface area contributed by atoms with Crippen LogP contribution in [0.2, 0.25) is 0 Å². The minimum atomic E-state index is -0.105. The van der Waals surface area contributed by atoms with Crippen molar-refractivity contribution in [1.29, 1.82) is 0 Å². The number of rotatable bonds is 1. The van der Waals surface area contributed by atoms with Crippen LogP contribution < -0.4 is 5.32 Å². The van der Waals surface area contributed by atoms with Crippen LogP contribution in [-0.4, -0.2) is 16.1 Å². The van der Waals surface area contributed by atoms with Crippen LogP contribution in [0, 0.1) is 0 Å². The lowest BCUT2D eigenvalue weighted by Gasteiger charge is -1.99. The van der Waals surface area contributed by atoms with Crippen LogP contribution in [0.3, 0.4) is 0 Å². The van der Waals surface area contributed by atoms with Crippen LogP contribution in [0.4, 0.5) is 0 Å². The number of fused-ring (bicyclic) bond motifs is 1. The number of aromatic nitrogens is 1. The van der Waals surface area contributed by atoms with E-state index in [2.05, 4.69) is 13.5 Å². The van der Waals surface area contributed by atoms with Crippen LogP contribution in [0.25, 0.3) is 17.0 Å². The number of hydrogen-bond acceptors (Lipinski definition) is 4. The molecule has 0 aliphatic carbocycles. The lowest BCUT2D eigenvalue weighted by atomic mass is 10.1. The van der Waals surface area contributed by atoms with Crippen LogP contribution in [0.1, 0.15) is 5.56 Å². The van der Waals surface area contributed by atoms with Crippen molar-refractivity contribution in [2.24, 2.45) is 3.21 Å². The largest absolute Gasteiger partial charge is 0.300 e. The molecule has 1 N–H and O–H groups in total. The van der Waals surface area contributed by atoms with Crippen molar-refractivity contribution in [1.82, 2.24) is 10.3 Å². The van der Waals surface area contributed by atoms with Crippen molar-refractivity contribution < 1.29 is 4.79 Å². The van der Waals surface area contributed by atoms with Crippen LogP contribution in [0.15, 0.2) is 44.6 Å². The minimum absolute atomic E-state index is 0.105. The Hall–Kier alpha value is -1.41. The fraction of sp³-hybridized carbons (Fsp3) is 0. The lowest BCUT2D eigenvalue weighted by molar-refractivity contribution is -0.115. The number of benzene rings is 1. The molecule has 6 heteroatoms. The molecule has 0 bridgehead atoms. The first-order valence-electron chi connectivity index (χ1n) is 5.51. The summed E-state index contributed by atoms with van der Waals surface area (Å²) in [4.78, 5) is 16.6. The van der Waals surface area contributed by atoms with Gasteiger partial charge in [0.2, 0.25) is 0 Å². The average Bonchev–Trinajstić information content (AvgIpc) is 2.79. The van der Waals surface area contributed by atoms with Gasteiger partial charge in [0.15, 0.2) is 5.17 Å². The molecule has 1 saturated heterocycles. The molecule has 0 unspecified atom stereocenters. The average molecular weight is 381 g/mol. The highest BCUT2D eigenvalue weighted by atomic mass is 127. The van der Waals surface area contributed by atoms with E-state index < -0.39 is 0 Å². The number of thioether (sulfide) groups is 1. The maximum absolute atomic E-state index is 11.7. The standard InChI is InChI=1S/C13H8IN3OS/c14-17-13-16-12(18)11(19-13)7-8-3-4-10-9(6-8)2-1-5-15-10/h1-7H,(H,16,17,18)/b11-7-. The highest BCUT2D eigenvalue weighted by Crippen LogP contribution is 2.27. The lowest BCUT2D eigenvalue weighted by Crippen LogP contribution is -2.18. The van der Waals surface area contributed by atoms with E-state index in [0.717, 1.165) is 16.5 Å². The predicted molar refractivity (Wildman–Crippen MR) is 86.9 cm³/mol. The zero-order valence-corrected chi connectivity index (χ0v) is 12.6. The van der Waals surface area contributed by atoms with Crippen LogP contribution in [-0.2, 0) is 4.79 Å². The molecule has 1 amide bonds. The normalized spacial score (nSPS) is 19.3. The monoisotopic (exact) mass is 381 g/mol. The molecule has 0 radical (unpaired) electrons. The maximum atomic E-state index is 11.7. The molecule has 4 nitrogen and oxygen atoms in total. The van der Waals surface area contributed by atoms with Crippen LogP contribution >= 0.6 is 34.6 Å². The summed E-state index contributed by atoms with van der Waals surface area (Å²) in [6.07, 6.45) is 3.63. The molecular formula is C13H8IN3OS. The molecule has 1 fully saturated rings. The highest BCUT2D eigenvalue weighted by Gasteiger charge is 2.23. The molecule has 1 aromatic carbocycles. The number of carbonyl (C=O) groups excluding carboxylic acids is 1. The maximum Gasteiger partial charge on any atom is 0.264 e. The van der Waals surface area contributed by atoms with Gasteiger partial charge in [0.25, 0.3) is 5.91 Å². The third-order valence-corrected chi connectivity index (χ3v) is 4.37. The second kappa shape index (κ2) is 5.30. The Morgan fingerprint density at radius 1 is 1.37 bits per heavy atom. The van der Waals surface area contributed by atoms with E-state index in [-0.39, 0.29) is 5.91 Å². The smallest absolute Gasteiger partial charge is 0.264 e. The Morgan fingerprint density at radius 2 is 2.26 bits per heavy atom. The molecule has 1 aliphatic rings. The molecule has 0 atom stereocenters. The topological polar surface area (TPSA) is 54.4 Å². The zero-order valence-electron chi connectivity index (χ0n) is 9.63. The molecule has 2 heterocycles. The number of nitrogens with zero attached hydrogens (tertiary/aromatic N) is 2. The summed E-state index contributed by atoms with van der Waals surface area (Å²) in [7, 11) is 0. The summed E-state index contributed by atoms with van der Waals surface area (Å²) in [5, 5.41) is 4.38. The van der Waals surface area contributed by atoms with Gasteiger partial charge < -0.3 is 0 Å². The molecule has 19 heavy (non-hydrogen) atoms. The van der Waals surface area contributed by atoms with Crippen molar-refractivity contribution in [3.05, 3.63) is 47.0 Å². The Bertz CT molecular complexity index is 727. The Labute approximate surface area is 127 Å². The number of halogens is 1. The van der Waals surface area contributed by atoms with E-state index >= 15 is 0 Å². The molecule has 2 aromatic rings. The predicted octanol–water partition coefficient (Wildman–Crippen LogP) is 3.14. The summed E-state index contributed by atoms with van der Waals surface area (Å²) in [6, 6.07) is 9.82. The third-order valence-electron chi connectivity index (χ3n) is 2.65. The molecule has 0 saturated carbocycles. The number of pyridine rings is 1. The fourth-order valence-electron chi connectivity index (χ4n) is 1.80.